The monoisotopic (exact) mass is 1220 g/mol. The van der Waals surface area contributed by atoms with E-state index >= 15 is 0 Å². The summed E-state index contributed by atoms with van der Waals surface area (Å²) >= 11 is 0. The van der Waals surface area contributed by atoms with Crippen LogP contribution in [0.5, 0.6) is 0 Å². The van der Waals surface area contributed by atoms with Crippen molar-refractivity contribution in [3.8, 4) is 61.6 Å². The van der Waals surface area contributed by atoms with Crippen molar-refractivity contribution in [2.24, 2.45) is 0 Å². The number of para-hydroxylation sites is 8. The Labute approximate surface area is 556 Å². The van der Waals surface area contributed by atoms with Gasteiger partial charge in [0.2, 0.25) is 0 Å². The number of fused-ring (bicyclic) bond motifs is 13. The number of hydrogen-bond acceptors (Lipinski definition) is 2. The standard InChI is InChI=1S/C90H58BN5/c1-5-27-59(28-6-1)66-41-25-42-67(60-29-7-2-8-30-60)89(66)95-84-55-63(92-78-45-19-13-35-70(78)71-36-14-20-46-79(71)92)51-53-76(84)91-77-54-52-64(93-80-47-21-15-37-72(80)73-38-16-22-48-81(73)93)56-85(77)96(90-68(61-31-9-3-10-32-61)43-26-44-69(90)62-33-11-4-12-34-62)87-58-65(57-86(95)88(87)91)94-82-49-23-17-39-74(82)75-40-18-24-50-83(75)94/h1-58H. The molecule has 446 valence electrons. The van der Waals surface area contributed by atoms with E-state index in [2.05, 4.69) is 375 Å². The van der Waals surface area contributed by atoms with E-state index in [-0.39, 0.29) is 6.71 Å². The smallest absolute Gasteiger partial charge is 0.252 e. The molecule has 5 nitrogen and oxygen atoms in total. The summed E-state index contributed by atoms with van der Waals surface area (Å²) in [4.78, 5) is 5.36. The molecule has 2 aliphatic heterocycles. The first-order valence-corrected chi connectivity index (χ1v) is 33.2. The second-order valence-corrected chi connectivity index (χ2v) is 25.5. The molecular weight excluding hydrogens is 1160 g/mol. The van der Waals surface area contributed by atoms with Gasteiger partial charge in [0, 0.05) is 88.7 Å². The summed E-state index contributed by atoms with van der Waals surface area (Å²) in [7, 11) is 0. The minimum atomic E-state index is -0.257. The molecule has 96 heavy (non-hydrogen) atoms. The fourth-order valence-electron chi connectivity index (χ4n) is 16.4. The first-order valence-electron chi connectivity index (χ1n) is 33.2. The highest BCUT2D eigenvalue weighted by Crippen LogP contribution is 2.54. The van der Waals surface area contributed by atoms with Gasteiger partial charge in [0.1, 0.15) is 0 Å². The Hall–Kier alpha value is -12.6. The van der Waals surface area contributed by atoms with Crippen molar-refractivity contribution < 1.29 is 0 Å². The largest absolute Gasteiger partial charge is 0.310 e. The third kappa shape index (κ3) is 8.06. The van der Waals surface area contributed by atoms with Gasteiger partial charge in [0.15, 0.2) is 0 Å². The second kappa shape index (κ2) is 21.5. The Bertz CT molecular complexity index is 5570. The van der Waals surface area contributed by atoms with Crippen molar-refractivity contribution in [2.75, 3.05) is 9.80 Å². The van der Waals surface area contributed by atoms with Crippen molar-refractivity contribution in [1.82, 2.24) is 13.7 Å². The molecule has 6 heteroatoms. The van der Waals surface area contributed by atoms with Gasteiger partial charge in [-0.15, -0.1) is 0 Å². The Morgan fingerprint density at radius 3 is 0.740 bits per heavy atom. The van der Waals surface area contributed by atoms with Gasteiger partial charge < -0.3 is 23.5 Å². The molecule has 0 bridgehead atoms. The van der Waals surface area contributed by atoms with E-state index < -0.39 is 0 Å². The van der Waals surface area contributed by atoms with E-state index in [4.69, 9.17) is 0 Å². The summed E-state index contributed by atoms with van der Waals surface area (Å²) in [5.41, 5.74) is 29.5. The first-order chi connectivity index (χ1) is 47.7. The molecule has 0 amide bonds. The molecule has 0 N–H and O–H groups in total. The number of aromatic nitrogens is 3. The van der Waals surface area contributed by atoms with Crippen LogP contribution in [0.15, 0.2) is 352 Å². The number of anilines is 6. The maximum absolute atomic E-state index is 2.68. The van der Waals surface area contributed by atoms with Crippen LogP contribution in [0, 0.1) is 0 Å². The maximum atomic E-state index is 2.68. The SMILES string of the molecule is c1ccc(-c2cccc(-c3ccccc3)c2N2c3cc(-n4c5ccccc5c5ccccc54)ccc3B3c4ccc(-n5c6ccccc6c6ccccc65)cc4N(c4c(-c5ccccc5)cccc4-c4ccccc4)c4cc(-n5c6ccccc6c6ccccc65)cc2c43)cc1. The van der Waals surface area contributed by atoms with Gasteiger partial charge in [-0.05, 0) is 111 Å². The van der Waals surface area contributed by atoms with Crippen LogP contribution in [-0.2, 0) is 0 Å². The lowest BCUT2D eigenvalue weighted by Crippen LogP contribution is -2.61. The molecule has 0 radical (unpaired) electrons. The third-order valence-corrected chi connectivity index (χ3v) is 20.4. The van der Waals surface area contributed by atoms with Crippen LogP contribution in [0.4, 0.5) is 34.1 Å². The molecule has 3 aromatic heterocycles. The van der Waals surface area contributed by atoms with E-state index in [1.807, 2.05) is 0 Å². The number of rotatable bonds is 9. The molecule has 0 aliphatic carbocycles. The van der Waals surface area contributed by atoms with Crippen LogP contribution < -0.4 is 26.2 Å². The van der Waals surface area contributed by atoms with Gasteiger partial charge in [-0.25, -0.2) is 0 Å². The summed E-state index contributed by atoms with van der Waals surface area (Å²) in [5, 5.41) is 7.30. The fraction of sp³-hybridized carbons (Fsp3) is 0. The number of benzene rings is 15. The summed E-state index contributed by atoms with van der Waals surface area (Å²) in [5.74, 6) is 0. The van der Waals surface area contributed by atoms with Gasteiger partial charge in [0.25, 0.3) is 6.71 Å². The maximum Gasteiger partial charge on any atom is 0.252 e. The van der Waals surface area contributed by atoms with Crippen LogP contribution in [0.25, 0.3) is 127 Å². The van der Waals surface area contributed by atoms with Crippen LogP contribution >= 0.6 is 0 Å². The fourth-order valence-corrected chi connectivity index (χ4v) is 16.4. The molecule has 15 aromatic carbocycles. The highest BCUT2D eigenvalue weighted by Gasteiger charge is 2.46. The molecule has 0 spiro atoms. The number of nitrogens with zero attached hydrogens (tertiary/aromatic N) is 5. The van der Waals surface area contributed by atoms with Gasteiger partial charge in [0.05, 0.1) is 50.2 Å². The summed E-state index contributed by atoms with van der Waals surface area (Å²) < 4.78 is 7.50. The molecule has 2 aliphatic rings. The quantitative estimate of drug-likeness (QED) is 0.134. The molecule has 20 rings (SSSR count). The zero-order valence-electron chi connectivity index (χ0n) is 52.3. The lowest BCUT2D eigenvalue weighted by Gasteiger charge is -2.46. The molecule has 0 saturated heterocycles. The second-order valence-electron chi connectivity index (χ2n) is 25.5. The Balaban J connectivity index is 0.991. The minimum absolute atomic E-state index is 0.257. The normalized spacial score (nSPS) is 12.5. The van der Waals surface area contributed by atoms with Crippen LogP contribution in [-0.4, -0.2) is 20.4 Å². The molecular formula is C90H58BN5. The highest BCUT2D eigenvalue weighted by molar-refractivity contribution is 7.00. The topological polar surface area (TPSA) is 21.3 Å². The van der Waals surface area contributed by atoms with E-state index in [1.54, 1.807) is 0 Å². The van der Waals surface area contributed by atoms with Crippen molar-refractivity contribution in [1.29, 1.82) is 0 Å². The zero-order valence-corrected chi connectivity index (χ0v) is 52.3. The van der Waals surface area contributed by atoms with Crippen molar-refractivity contribution >= 4 is 123 Å². The third-order valence-electron chi connectivity index (χ3n) is 20.4. The Kier molecular flexibility index (Phi) is 12.1. The molecule has 0 atom stereocenters. The van der Waals surface area contributed by atoms with Crippen LogP contribution in [0.1, 0.15) is 0 Å². The van der Waals surface area contributed by atoms with Crippen molar-refractivity contribution in [3.05, 3.63) is 352 Å². The van der Waals surface area contributed by atoms with Gasteiger partial charge >= 0.3 is 0 Å². The van der Waals surface area contributed by atoms with E-state index in [0.29, 0.717) is 0 Å². The molecule has 0 fully saturated rings. The lowest BCUT2D eigenvalue weighted by molar-refractivity contribution is 1.15. The predicted octanol–water partition coefficient (Wildman–Crippen LogP) is 21.7. The van der Waals surface area contributed by atoms with Crippen LogP contribution in [0.2, 0.25) is 0 Å². The molecule has 0 unspecified atom stereocenters. The molecule has 18 aromatic rings. The van der Waals surface area contributed by atoms with E-state index in [1.165, 1.54) is 48.7 Å². The highest BCUT2D eigenvalue weighted by atomic mass is 15.2. The molecule has 5 heterocycles. The van der Waals surface area contributed by atoms with Crippen molar-refractivity contribution in [3.63, 3.8) is 0 Å². The van der Waals surface area contributed by atoms with E-state index in [9.17, 15) is 0 Å². The Morgan fingerprint density at radius 1 is 0.198 bits per heavy atom. The van der Waals surface area contributed by atoms with Gasteiger partial charge in [-0.2, -0.15) is 0 Å². The number of hydrogen-bond donors (Lipinski definition) is 0. The minimum Gasteiger partial charge on any atom is -0.310 e. The van der Waals surface area contributed by atoms with Crippen molar-refractivity contribution in [2.45, 2.75) is 0 Å². The summed E-state index contributed by atoms with van der Waals surface area (Å²) in [6.07, 6.45) is 0. The summed E-state index contributed by atoms with van der Waals surface area (Å²) in [6, 6.07) is 131. The first kappa shape index (κ1) is 54.0. The van der Waals surface area contributed by atoms with Crippen LogP contribution in [0.3, 0.4) is 0 Å². The van der Waals surface area contributed by atoms with E-state index in [0.717, 1.165) is 129 Å². The average Bonchev–Trinajstić information content (AvgIpc) is 0.735. The zero-order chi connectivity index (χ0) is 63.0. The van der Waals surface area contributed by atoms with Gasteiger partial charge in [-0.1, -0.05) is 279 Å². The Morgan fingerprint density at radius 2 is 0.448 bits per heavy atom. The predicted molar refractivity (Wildman–Crippen MR) is 405 cm³/mol. The molecule has 0 saturated carbocycles. The average molecular weight is 1220 g/mol. The lowest BCUT2D eigenvalue weighted by atomic mass is 9.33. The van der Waals surface area contributed by atoms with Gasteiger partial charge in [-0.3, -0.25) is 0 Å². The summed E-state index contributed by atoms with van der Waals surface area (Å²) in [6.45, 7) is -0.257.